The molecule has 5 nitrogen and oxygen atoms in total. The molecule has 0 saturated carbocycles. The standard InChI is InChI=1S/C20H22ClFN2O3/c1-4-24(5-2)20(26)16-13-14(9-11-17(16)22)18(23)8-6-7-15(21)10-12-19(25)27-3/h6-13,23H,4-5H2,1-3H3/b8-6-,12-10+,15-7-,23-18?. The van der Waals surface area contributed by atoms with Gasteiger partial charge in [0.15, 0.2) is 0 Å². The Balaban J connectivity index is 2.95. The van der Waals surface area contributed by atoms with Gasteiger partial charge in [0, 0.05) is 29.8 Å². The summed E-state index contributed by atoms with van der Waals surface area (Å²) in [6, 6.07) is 3.98. The van der Waals surface area contributed by atoms with Gasteiger partial charge < -0.3 is 15.0 Å². The first-order chi connectivity index (χ1) is 12.8. The molecule has 0 bridgehead atoms. The Labute approximate surface area is 163 Å². The summed E-state index contributed by atoms with van der Waals surface area (Å²) in [6.45, 7) is 4.58. The number of ether oxygens (including phenoxy) is 1. The Morgan fingerprint density at radius 3 is 2.48 bits per heavy atom. The van der Waals surface area contributed by atoms with Crippen molar-refractivity contribution in [3.8, 4) is 0 Å². The Morgan fingerprint density at radius 1 is 1.22 bits per heavy atom. The van der Waals surface area contributed by atoms with Crippen LogP contribution in [0.25, 0.3) is 0 Å². The van der Waals surface area contributed by atoms with E-state index in [-0.39, 0.29) is 16.3 Å². The van der Waals surface area contributed by atoms with Gasteiger partial charge in [0.2, 0.25) is 0 Å². The van der Waals surface area contributed by atoms with Crippen LogP contribution < -0.4 is 0 Å². The van der Waals surface area contributed by atoms with Gasteiger partial charge in [-0.2, -0.15) is 0 Å². The lowest BCUT2D eigenvalue weighted by Crippen LogP contribution is -2.31. The number of methoxy groups -OCH3 is 1. The molecule has 144 valence electrons. The fourth-order valence-corrected chi connectivity index (χ4v) is 2.28. The first kappa shape index (κ1) is 22.3. The Morgan fingerprint density at radius 2 is 1.89 bits per heavy atom. The summed E-state index contributed by atoms with van der Waals surface area (Å²) in [6.07, 6.45) is 6.99. The van der Waals surface area contributed by atoms with Crippen molar-refractivity contribution >= 4 is 29.2 Å². The van der Waals surface area contributed by atoms with Crippen molar-refractivity contribution in [2.75, 3.05) is 20.2 Å². The number of carbonyl (C=O) groups excluding carboxylic acids is 2. The van der Waals surface area contributed by atoms with Crippen molar-refractivity contribution in [2.24, 2.45) is 0 Å². The summed E-state index contributed by atoms with van der Waals surface area (Å²) >= 11 is 5.91. The SMILES string of the molecule is CCN(CC)C(=O)c1cc(C(=N)\C=C/C=C(Cl)/C=C/C(=O)OC)ccc1F. The van der Waals surface area contributed by atoms with Crippen LogP contribution in [0.1, 0.15) is 29.8 Å². The minimum absolute atomic E-state index is 0.0658. The molecular formula is C20H22ClFN2O3. The van der Waals surface area contributed by atoms with Crippen LogP contribution in [0, 0.1) is 11.2 Å². The average molecular weight is 393 g/mol. The number of allylic oxidation sites excluding steroid dienone is 5. The molecule has 0 saturated heterocycles. The first-order valence-electron chi connectivity index (χ1n) is 8.31. The molecule has 1 aromatic rings. The summed E-state index contributed by atoms with van der Waals surface area (Å²) in [4.78, 5) is 24.9. The van der Waals surface area contributed by atoms with E-state index in [2.05, 4.69) is 4.74 Å². The van der Waals surface area contributed by atoms with E-state index < -0.39 is 17.7 Å². The average Bonchev–Trinajstić information content (AvgIpc) is 2.67. The van der Waals surface area contributed by atoms with Crippen LogP contribution in [0.5, 0.6) is 0 Å². The van der Waals surface area contributed by atoms with Crippen LogP contribution in [0.2, 0.25) is 0 Å². The minimum atomic E-state index is -0.622. The minimum Gasteiger partial charge on any atom is -0.466 e. The van der Waals surface area contributed by atoms with E-state index >= 15 is 0 Å². The maximum absolute atomic E-state index is 14.0. The number of hydrogen-bond acceptors (Lipinski definition) is 4. The lowest BCUT2D eigenvalue weighted by atomic mass is 10.0. The van der Waals surface area contributed by atoms with E-state index in [9.17, 15) is 14.0 Å². The predicted octanol–water partition coefficient (Wildman–Crippen LogP) is 4.08. The zero-order valence-corrected chi connectivity index (χ0v) is 16.2. The van der Waals surface area contributed by atoms with Crippen LogP contribution in [0.4, 0.5) is 4.39 Å². The highest BCUT2D eigenvalue weighted by Crippen LogP contribution is 2.15. The zero-order chi connectivity index (χ0) is 20.4. The van der Waals surface area contributed by atoms with E-state index in [0.717, 1.165) is 0 Å². The lowest BCUT2D eigenvalue weighted by Gasteiger charge is -2.19. The van der Waals surface area contributed by atoms with E-state index in [1.807, 2.05) is 13.8 Å². The number of hydrogen-bond donors (Lipinski definition) is 1. The molecule has 1 N–H and O–H groups in total. The maximum Gasteiger partial charge on any atom is 0.330 e. The summed E-state index contributed by atoms with van der Waals surface area (Å²) in [7, 11) is 1.26. The van der Waals surface area contributed by atoms with Gasteiger partial charge in [-0.15, -0.1) is 0 Å². The Bertz CT molecular complexity index is 796. The number of halogens is 2. The topological polar surface area (TPSA) is 70.5 Å². The second kappa shape index (κ2) is 11.1. The van der Waals surface area contributed by atoms with Gasteiger partial charge in [0.05, 0.1) is 18.4 Å². The number of nitrogens with one attached hydrogen (secondary N) is 1. The largest absolute Gasteiger partial charge is 0.466 e. The molecular weight excluding hydrogens is 371 g/mol. The maximum atomic E-state index is 14.0. The van der Waals surface area contributed by atoms with Crippen molar-refractivity contribution in [1.29, 1.82) is 5.41 Å². The van der Waals surface area contributed by atoms with Gasteiger partial charge in [-0.05, 0) is 50.3 Å². The molecule has 1 aromatic carbocycles. The van der Waals surface area contributed by atoms with E-state index in [1.54, 1.807) is 0 Å². The van der Waals surface area contributed by atoms with Gasteiger partial charge in [-0.25, -0.2) is 9.18 Å². The smallest absolute Gasteiger partial charge is 0.330 e. The monoisotopic (exact) mass is 392 g/mol. The third kappa shape index (κ3) is 6.83. The van der Waals surface area contributed by atoms with Crippen LogP contribution in [0.15, 0.2) is 53.6 Å². The number of rotatable bonds is 8. The van der Waals surface area contributed by atoms with E-state index in [0.29, 0.717) is 18.7 Å². The van der Waals surface area contributed by atoms with Crippen LogP contribution in [0.3, 0.4) is 0 Å². The summed E-state index contributed by atoms with van der Waals surface area (Å²) in [5.41, 5.74) is 0.419. The van der Waals surface area contributed by atoms with Gasteiger partial charge in [-0.1, -0.05) is 17.7 Å². The highest BCUT2D eigenvalue weighted by Gasteiger charge is 2.17. The number of benzene rings is 1. The van der Waals surface area contributed by atoms with Crippen molar-refractivity contribution in [1.82, 2.24) is 4.90 Å². The van der Waals surface area contributed by atoms with Crippen molar-refractivity contribution in [2.45, 2.75) is 13.8 Å². The molecule has 7 heteroatoms. The fraction of sp³-hybridized carbons (Fsp3) is 0.250. The molecule has 0 atom stereocenters. The van der Waals surface area contributed by atoms with Crippen molar-refractivity contribution in [3.63, 3.8) is 0 Å². The molecule has 0 radical (unpaired) electrons. The molecule has 0 aliphatic heterocycles. The Kier molecular flexibility index (Phi) is 9.16. The van der Waals surface area contributed by atoms with Gasteiger partial charge >= 0.3 is 5.97 Å². The molecule has 0 heterocycles. The molecule has 0 fully saturated rings. The van der Waals surface area contributed by atoms with Crippen LogP contribution in [-0.2, 0) is 9.53 Å². The molecule has 0 aliphatic carbocycles. The summed E-state index contributed by atoms with van der Waals surface area (Å²) in [5.74, 6) is -1.56. The highest BCUT2D eigenvalue weighted by molar-refractivity contribution is 6.31. The van der Waals surface area contributed by atoms with E-state index in [1.165, 1.54) is 60.6 Å². The molecule has 1 rings (SSSR count). The molecule has 0 spiro atoms. The molecule has 0 unspecified atom stereocenters. The lowest BCUT2D eigenvalue weighted by molar-refractivity contribution is -0.134. The Hall–Kier alpha value is -2.73. The number of amides is 1. The molecule has 1 amide bonds. The summed E-state index contributed by atoms with van der Waals surface area (Å²) < 4.78 is 18.5. The predicted molar refractivity (Wildman–Crippen MR) is 105 cm³/mol. The van der Waals surface area contributed by atoms with Gasteiger partial charge in [0.25, 0.3) is 5.91 Å². The second-order valence-corrected chi connectivity index (χ2v) is 5.79. The fourth-order valence-electron chi connectivity index (χ4n) is 2.14. The second-order valence-electron chi connectivity index (χ2n) is 5.35. The normalized spacial score (nSPS) is 11.8. The third-order valence-corrected chi connectivity index (χ3v) is 3.91. The van der Waals surface area contributed by atoms with Crippen molar-refractivity contribution in [3.05, 3.63) is 70.6 Å². The van der Waals surface area contributed by atoms with Crippen LogP contribution >= 0.6 is 11.6 Å². The quantitative estimate of drug-likeness (QED) is 0.313. The van der Waals surface area contributed by atoms with E-state index in [4.69, 9.17) is 17.0 Å². The molecule has 0 aliphatic rings. The first-order valence-corrected chi connectivity index (χ1v) is 8.69. The third-order valence-electron chi connectivity index (χ3n) is 3.66. The number of carbonyl (C=O) groups is 2. The summed E-state index contributed by atoms with van der Waals surface area (Å²) in [5, 5.41) is 8.35. The van der Waals surface area contributed by atoms with Gasteiger partial charge in [0.1, 0.15) is 5.82 Å². The highest BCUT2D eigenvalue weighted by atomic mass is 35.5. The zero-order valence-electron chi connectivity index (χ0n) is 15.5. The number of nitrogens with zero attached hydrogens (tertiary/aromatic N) is 1. The van der Waals surface area contributed by atoms with Gasteiger partial charge in [-0.3, -0.25) is 4.79 Å². The molecule has 0 aromatic heterocycles. The molecule has 27 heavy (non-hydrogen) atoms. The van der Waals surface area contributed by atoms with Crippen LogP contribution in [-0.4, -0.2) is 42.7 Å². The number of esters is 1. The van der Waals surface area contributed by atoms with Crippen molar-refractivity contribution < 1.29 is 18.7 Å².